The lowest BCUT2D eigenvalue weighted by Crippen LogP contribution is -1.96. The molecule has 0 fully saturated rings. The molecule has 0 N–H and O–H groups in total. The number of rotatable bonds is 4. The fraction of sp³-hybridized carbons (Fsp3) is 0.0625. The highest BCUT2D eigenvalue weighted by atomic mass is 35.5. The minimum atomic E-state index is 0.639. The summed E-state index contributed by atoms with van der Waals surface area (Å²) in [5.41, 5.74) is 3.95. The van der Waals surface area contributed by atoms with Gasteiger partial charge in [0, 0.05) is 23.0 Å². The lowest BCUT2D eigenvalue weighted by molar-refractivity contribution is 0.917. The molecule has 4 nitrogen and oxygen atoms in total. The summed E-state index contributed by atoms with van der Waals surface area (Å²) in [6.07, 6.45) is 0. The van der Waals surface area contributed by atoms with Crippen LogP contribution >= 0.6 is 34.9 Å². The van der Waals surface area contributed by atoms with Crippen molar-refractivity contribution in [3.63, 3.8) is 0 Å². The number of hydrogen-bond donors (Lipinski definition) is 0. The first-order chi connectivity index (χ1) is 11.3. The topological polar surface area (TPSA) is 43.6 Å². The number of halogens is 1. The van der Waals surface area contributed by atoms with Crippen molar-refractivity contribution in [3.8, 4) is 5.69 Å². The maximum atomic E-state index is 6.09. The van der Waals surface area contributed by atoms with Gasteiger partial charge in [-0.15, -0.1) is 5.10 Å². The Morgan fingerprint density at radius 2 is 1.83 bits per heavy atom. The molecule has 0 saturated carbocycles. The van der Waals surface area contributed by atoms with E-state index in [2.05, 4.69) is 32.4 Å². The Morgan fingerprint density at radius 1 is 1.04 bits per heavy atom. The van der Waals surface area contributed by atoms with Crippen LogP contribution in [0.15, 0.2) is 59.8 Å². The van der Waals surface area contributed by atoms with Gasteiger partial charge >= 0.3 is 0 Å². The normalized spacial score (nSPS) is 11.2. The maximum Gasteiger partial charge on any atom is 0.174 e. The largest absolute Gasteiger partial charge is 0.287 e. The average molecular weight is 359 g/mol. The molecular weight excluding hydrogens is 348 g/mol. The number of aromatic nitrogens is 4. The smallest absolute Gasteiger partial charge is 0.174 e. The molecule has 0 atom stereocenters. The van der Waals surface area contributed by atoms with Gasteiger partial charge in [-0.05, 0) is 24.3 Å². The standard InChI is InChI=1S/C16H11ClN4S2/c17-15-13(19-20-23-15)10-22-16-18-12-8-4-5-9-14(12)21(16)11-6-2-1-3-7-11/h1-9H,10H2. The summed E-state index contributed by atoms with van der Waals surface area (Å²) in [4.78, 5) is 4.76. The van der Waals surface area contributed by atoms with Gasteiger partial charge in [-0.1, -0.05) is 58.2 Å². The van der Waals surface area contributed by atoms with Crippen LogP contribution < -0.4 is 0 Å². The quantitative estimate of drug-likeness (QED) is 0.490. The van der Waals surface area contributed by atoms with Gasteiger partial charge in [-0.2, -0.15) is 0 Å². The van der Waals surface area contributed by atoms with E-state index in [0.717, 1.165) is 27.6 Å². The Labute approximate surface area is 146 Å². The molecule has 4 aromatic rings. The molecule has 0 aliphatic rings. The van der Waals surface area contributed by atoms with Crippen molar-refractivity contribution in [3.05, 3.63) is 64.6 Å². The van der Waals surface area contributed by atoms with Crippen LogP contribution in [0.25, 0.3) is 16.7 Å². The first-order valence-corrected chi connectivity index (χ1v) is 9.09. The number of benzene rings is 2. The highest BCUT2D eigenvalue weighted by Gasteiger charge is 2.14. The van der Waals surface area contributed by atoms with Crippen molar-refractivity contribution in [1.29, 1.82) is 0 Å². The summed E-state index contributed by atoms with van der Waals surface area (Å²) in [5.74, 6) is 0.644. The first-order valence-electron chi connectivity index (χ1n) is 6.95. The molecule has 0 amide bonds. The van der Waals surface area contributed by atoms with Crippen molar-refractivity contribution in [1.82, 2.24) is 19.1 Å². The summed E-state index contributed by atoms with van der Waals surface area (Å²) < 4.78 is 6.68. The van der Waals surface area contributed by atoms with E-state index in [0.29, 0.717) is 10.1 Å². The van der Waals surface area contributed by atoms with Gasteiger partial charge in [0.25, 0.3) is 0 Å². The van der Waals surface area contributed by atoms with E-state index in [4.69, 9.17) is 16.6 Å². The van der Waals surface area contributed by atoms with Gasteiger partial charge in [-0.3, -0.25) is 4.57 Å². The van der Waals surface area contributed by atoms with Crippen molar-refractivity contribution >= 4 is 45.9 Å². The molecule has 0 aliphatic heterocycles. The van der Waals surface area contributed by atoms with Gasteiger partial charge in [0.1, 0.15) is 10.0 Å². The molecule has 2 aromatic carbocycles. The second kappa shape index (κ2) is 6.31. The number of thioether (sulfide) groups is 1. The monoisotopic (exact) mass is 358 g/mol. The predicted octanol–water partition coefficient (Wildman–Crippen LogP) is 4.82. The number of hydrogen-bond acceptors (Lipinski definition) is 5. The van der Waals surface area contributed by atoms with E-state index in [1.807, 2.05) is 36.4 Å². The fourth-order valence-electron chi connectivity index (χ4n) is 2.34. The van der Waals surface area contributed by atoms with Crippen LogP contribution in [0.2, 0.25) is 4.34 Å². The second-order valence-corrected chi connectivity index (χ2v) is 7.13. The highest BCUT2D eigenvalue weighted by molar-refractivity contribution is 7.98. The van der Waals surface area contributed by atoms with Crippen molar-refractivity contribution in [2.75, 3.05) is 0 Å². The van der Waals surface area contributed by atoms with Crippen LogP contribution in [-0.4, -0.2) is 19.1 Å². The van der Waals surface area contributed by atoms with Crippen LogP contribution in [0.5, 0.6) is 0 Å². The van der Waals surface area contributed by atoms with Crippen LogP contribution in [0, 0.1) is 0 Å². The maximum absolute atomic E-state index is 6.09. The third-order valence-corrected chi connectivity index (χ3v) is 5.33. The number of para-hydroxylation sites is 3. The van der Waals surface area contributed by atoms with E-state index in [9.17, 15) is 0 Å². The Morgan fingerprint density at radius 3 is 2.61 bits per heavy atom. The minimum Gasteiger partial charge on any atom is -0.287 e. The Hall–Kier alpha value is -1.89. The summed E-state index contributed by atoms with van der Waals surface area (Å²) in [5, 5.41) is 4.98. The Kier molecular flexibility index (Phi) is 4.03. The zero-order valence-corrected chi connectivity index (χ0v) is 14.3. The minimum absolute atomic E-state index is 0.639. The van der Waals surface area contributed by atoms with Crippen molar-refractivity contribution < 1.29 is 0 Å². The molecule has 0 radical (unpaired) electrons. The van der Waals surface area contributed by atoms with Crippen molar-refractivity contribution in [2.24, 2.45) is 0 Å². The number of imidazole rings is 1. The summed E-state index contributed by atoms with van der Waals surface area (Å²) >= 11 is 8.91. The molecule has 2 heterocycles. The number of fused-ring (bicyclic) bond motifs is 1. The Balaban J connectivity index is 1.78. The molecule has 0 spiro atoms. The molecule has 0 saturated heterocycles. The molecule has 0 unspecified atom stereocenters. The van der Waals surface area contributed by atoms with Gasteiger partial charge in [0.05, 0.1) is 11.0 Å². The van der Waals surface area contributed by atoms with Crippen LogP contribution in [0.3, 0.4) is 0 Å². The Bertz CT molecular complexity index is 949. The average Bonchev–Trinajstić information content (AvgIpc) is 3.16. The van der Waals surface area contributed by atoms with Crippen LogP contribution in [0.4, 0.5) is 0 Å². The molecule has 4 rings (SSSR count). The molecule has 0 bridgehead atoms. The predicted molar refractivity (Wildman–Crippen MR) is 95.5 cm³/mol. The fourth-order valence-corrected chi connectivity index (χ4v) is 4.10. The van der Waals surface area contributed by atoms with Gasteiger partial charge in [0.2, 0.25) is 0 Å². The summed E-state index contributed by atoms with van der Waals surface area (Å²) in [6.45, 7) is 0. The molecule has 0 aliphatic carbocycles. The molecule has 2 aromatic heterocycles. The number of nitrogens with zero attached hydrogens (tertiary/aromatic N) is 4. The third-order valence-electron chi connectivity index (χ3n) is 3.39. The van der Waals surface area contributed by atoms with E-state index in [1.54, 1.807) is 11.8 Å². The van der Waals surface area contributed by atoms with Crippen LogP contribution in [0.1, 0.15) is 5.69 Å². The van der Waals surface area contributed by atoms with E-state index in [1.165, 1.54) is 11.5 Å². The molecular formula is C16H11ClN4S2. The van der Waals surface area contributed by atoms with Gasteiger partial charge in [-0.25, -0.2) is 4.98 Å². The zero-order valence-electron chi connectivity index (χ0n) is 11.9. The SMILES string of the molecule is Clc1snnc1CSc1nc2ccccc2n1-c1ccccc1. The third kappa shape index (κ3) is 2.85. The lowest BCUT2D eigenvalue weighted by Gasteiger charge is -2.08. The molecule has 7 heteroatoms. The zero-order chi connectivity index (χ0) is 15.6. The summed E-state index contributed by atoms with van der Waals surface area (Å²) in [7, 11) is 0. The van der Waals surface area contributed by atoms with E-state index >= 15 is 0 Å². The van der Waals surface area contributed by atoms with Crippen LogP contribution in [-0.2, 0) is 5.75 Å². The molecule has 23 heavy (non-hydrogen) atoms. The van der Waals surface area contributed by atoms with E-state index in [-0.39, 0.29) is 0 Å². The molecule has 114 valence electrons. The second-order valence-electron chi connectivity index (χ2n) is 4.84. The van der Waals surface area contributed by atoms with E-state index < -0.39 is 0 Å². The highest BCUT2D eigenvalue weighted by Crippen LogP contribution is 2.31. The van der Waals surface area contributed by atoms with Gasteiger partial charge in [0.15, 0.2) is 5.16 Å². The van der Waals surface area contributed by atoms with Gasteiger partial charge < -0.3 is 0 Å². The lowest BCUT2D eigenvalue weighted by atomic mass is 10.3. The van der Waals surface area contributed by atoms with Crippen molar-refractivity contribution in [2.45, 2.75) is 10.9 Å². The first kappa shape index (κ1) is 14.7. The summed E-state index contributed by atoms with van der Waals surface area (Å²) in [6, 6.07) is 18.4.